The van der Waals surface area contributed by atoms with Crippen molar-refractivity contribution in [3.05, 3.63) is 88.1 Å². The van der Waals surface area contributed by atoms with Crippen LogP contribution in [0.3, 0.4) is 0 Å². The maximum Gasteiger partial charge on any atom is 0.337 e. The quantitative estimate of drug-likeness (QED) is 0.431. The summed E-state index contributed by atoms with van der Waals surface area (Å²) in [6, 6.07) is 21.5. The number of aryl methyl sites for hydroxylation is 1. The van der Waals surface area contributed by atoms with Crippen molar-refractivity contribution >= 4 is 29.0 Å². The molecule has 132 valence electrons. The monoisotopic (exact) mass is 364 g/mol. The van der Waals surface area contributed by atoms with E-state index in [4.69, 9.17) is 4.74 Å². The number of thiophene rings is 1. The minimum absolute atomic E-state index is 0.278. The van der Waals surface area contributed by atoms with Gasteiger partial charge in [-0.05, 0) is 42.0 Å². The van der Waals surface area contributed by atoms with Crippen LogP contribution in [0.5, 0.6) is 5.75 Å². The van der Waals surface area contributed by atoms with Gasteiger partial charge in [0.1, 0.15) is 5.75 Å². The summed E-state index contributed by atoms with van der Waals surface area (Å²) in [4.78, 5) is 12.4. The van der Waals surface area contributed by atoms with Crippen LogP contribution in [-0.2, 0) is 11.2 Å². The summed E-state index contributed by atoms with van der Waals surface area (Å²) in [5.74, 6) is -0.234. The summed E-state index contributed by atoms with van der Waals surface area (Å²) >= 11 is 1.41. The molecule has 0 aliphatic carbocycles. The van der Waals surface area contributed by atoms with Crippen molar-refractivity contribution < 1.29 is 14.6 Å². The van der Waals surface area contributed by atoms with E-state index in [1.54, 1.807) is 6.08 Å². The SMILES string of the molecule is O=C(O)/C(=C\c1ccccc1OCCCc1ccccc1)c1cccs1. The molecule has 3 aromatic rings. The minimum Gasteiger partial charge on any atom is -0.493 e. The number of rotatable bonds is 8. The molecule has 0 aliphatic rings. The molecule has 0 saturated heterocycles. The first-order valence-electron chi connectivity index (χ1n) is 8.48. The third kappa shape index (κ3) is 4.83. The van der Waals surface area contributed by atoms with Gasteiger partial charge in [0.25, 0.3) is 0 Å². The van der Waals surface area contributed by atoms with Gasteiger partial charge >= 0.3 is 5.97 Å². The Labute approximate surface area is 157 Å². The summed E-state index contributed by atoms with van der Waals surface area (Å²) in [5, 5.41) is 11.4. The number of carboxylic acid groups (broad SMARTS) is 1. The predicted octanol–water partition coefficient (Wildman–Crippen LogP) is 5.38. The Morgan fingerprint density at radius 1 is 1.00 bits per heavy atom. The molecule has 0 spiro atoms. The number of benzene rings is 2. The first-order chi connectivity index (χ1) is 12.7. The smallest absolute Gasteiger partial charge is 0.337 e. The molecule has 4 heteroatoms. The molecule has 0 atom stereocenters. The van der Waals surface area contributed by atoms with E-state index in [2.05, 4.69) is 12.1 Å². The average Bonchev–Trinajstić information content (AvgIpc) is 3.19. The molecule has 0 saturated carbocycles. The molecule has 1 heterocycles. The Bertz CT molecular complexity index is 867. The van der Waals surface area contributed by atoms with Gasteiger partial charge in [0, 0.05) is 10.4 Å². The number of carboxylic acids is 1. The molecular formula is C22H20O3S. The number of carbonyl (C=O) groups is 1. The second kappa shape index (κ2) is 9.02. The van der Waals surface area contributed by atoms with Gasteiger partial charge < -0.3 is 9.84 Å². The molecule has 0 fully saturated rings. The number of hydrogen-bond acceptors (Lipinski definition) is 3. The van der Waals surface area contributed by atoms with Crippen LogP contribution < -0.4 is 4.74 Å². The van der Waals surface area contributed by atoms with Crippen molar-refractivity contribution in [2.24, 2.45) is 0 Å². The van der Waals surface area contributed by atoms with Crippen LogP contribution in [0.25, 0.3) is 11.6 Å². The van der Waals surface area contributed by atoms with E-state index in [1.165, 1.54) is 16.9 Å². The molecule has 0 amide bonds. The molecule has 3 nitrogen and oxygen atoms in total. The first-order valence-corrected chi connectivity index (χ1v) is 9.36. The van der Waals surface area contributed by atoms with Crippen LogP contribution >= 0.6 is 11.3 Å². The van der Waals surface area contributed by atoms with Gasteiger partial charge in [0.05, 0.1) is 12.2 Å². The lowest BCUT2D eigenvalue weighted by molar-refractivity contribution is -0.130. The molecule has 2 aromatic carbocycles. The van der Waals surface area contributed by atoms with Gasteiger partial charge in [-0.15, -0.1) is 11.3 Å². The lowest BCUT2D eigenvalue weighted by Crippen LogP contribution is -2.02. The van der Waals surface area contributed by atoms with Gasteiger partial charge in [-0.2, -0.15) is 0 Å². The van der Waals surface area contributed by atoms with E-state index in [0.29, 0.717) is 12.4 Å². The van der Waals surface area contributed by atoms with Gasteiger partial charge in [-0.3, -0.25) is 0 Å². The molecule has 0 unspecified atom stereocenters. The number of para-hydroxylation sites is 1. The fraction of sp³-hybridized carbons (Fsp3) is 0.136. The summed E-state index contributed by atoms with van der Waals surface area (Å²) in [7, 11) is 0. The Hall–Kier alpha value is -2.85. The zero-order valence-electron chi connectivity index (χ0n) is 14.3. The first kappa shape index (κ1) is 18.0. The highest BCUT2D eigenvalue weighted by Crippen LogP contribution is 2.27. The Balaban J connectivity index is 1.69. The van der Waals surface area contributed by atoms with Crippen molar-refractivity contribution in [3.63, 3.8) is 0 Å². The molecule has 3 rings (SSSR count). The van der Waals surface area contributed by atoms with Crippen LogP contribution in [0.1, 0.15) is 22.4 Å². The highest BCUT2D eigenvalue weighted by Gasteiger charge is 2.13. The number of aliphatic carboxylic acids is 1. The zero-order valence-corrected chi connectivity index (χ0v) is 15.1. The summed E-state index contributed by atoms with van der Waals surface area (Å²) < 4.78 is 5.92. The Morgan fingerprint density at radius 3 is 2.50 bits per heavy atom. The standard InChI is InChI=1S/C22H20O3S/c23-22(24)19(21-13-7-15-26-21)16-18-11-4-5-12-20(18)25-14-6-10-17-8-2-1-3-9-17/h1-5,7-9,11-13,15-16H,6,10,14H2,(H,23,24)/b19-16-. The van der Waals surface area contributed by atoms with E-state index in [1.807, 2.05) is 60.0 Å². The van der Waals surface area contributed by atoms with Crippen molar-refractivity contribution in [3.8, 4) is 5.75 Å². The van der Waals surface area contributed by atoms with E-state index >= 15 is 0 Å². The van der Waals surface area contributed by atoms with Gasteiger partial charge in [0.15, 0.2) is 0 Å². The minimum atomic E-state index is -0.939. The van der Waals surface area contributed by atoms with E-state index in [0.717, 1.165) is 23.3 Å². The van der Waals surface area contributed by atoms with E-state index < -0.39 is 5.97 Å². The second-order valence-corrected chi connectivity index (χ2v) is 6.76. The van der Waals surface area contributed by atoms with E-state index in [-0.39, 0.29) is 5.57 Å². The fourth-order valence-corrected chi connectivity index (χ4v) is 3.39. The molecule has 0 aliphatic heterocycles. The van der Waals surface area contributed by atoms with Crippen LogP contribution in [0, 0.1) is 0 Å². The van der Waals surface area contributed by atoms with Gasteiger partial charge in [0.2, 0.25) is 0 Å². The zero-order chi connectivity index (χ0) is 18.2. The molecule has 0 bridgehead atoms. The predicted molar refractivity (Wildman–Crippen MR) is 107 cm³/mol. The third-order valence-electron chi connectivity index (χ3n) is 3.95. The summed E-state index contributed by atoms with van der Waals surface area (Å²) in [5.41, 5.74) is 2.34. The molecule has 1 N–H and O–H groups in total. The molecule has 26 heavy (non-hydrogen) atoms. The topological polar surface area (TPSA) is 46.5 Å². The maximum absolute atomic E-state index is 11.6. The summed E-state index contributed by atoms with van der Waals surface area (Å²) in [6.45, 7) is 0.584. The number of ether oxygens (including phenoxy) is 1. The molecular weight excluding hydrogens is 344 g/mol. The van der Waals surface area contributed by atoms with Crippen molar-refractivity contribution in [2.75, 3.05) is 6.61 Å². The van der Waals surface area contributed by atoms with Crippen molar-refractivity contribution in [1.29, 1.82) is 0 Å². The summed E-state index contributed by atoms with van der Waals surface area (Å²) in [6.07, 6.45) is 3.54. The number of hydrogen-bond donors (Lipinski definition) is 1. The largest absolute Gasteiger partial charge is 0.493 e. The van der Waals surface area contributed by atoms with Crippen LogP contribution in [0.2, 0.25) is 0 Å². The van der Waals surface area contributed by atoms with Gasteiger partial charge in [-0.1, -0.05) is 54.6 Å². The lowest BCUT2D eigenvalue weighted by Gasteiger charge is -2.10. The second-order valence-electron chi connectivity index (χ2n) is 5.82. The normalized spacial score (nSPS) is 11.3. The van der Waals surface area contributed by atoms with Crippen molar-refractivity contribution in [1.82, 2.24) is 0 Å². The molecule has 1 aromatic heterocycles. The maximum atomic E-state index is 11.6. The van der Waals surface area contributed by atoms with E-state index in [9.17, 15) is 9.90 Å². The van der Waals surface area contributed by atoms with Crippen molar-refractivity contribution in [2.45, 2.75) is 12.8 Å². The van der Waals surface area contributed by atoms with Crippen LogP contribution in [0.15, 0.2) is 72.1 Å². The average molecular weight is 364 g/mol. The van der Waals surface area contributed by atoms with Gasteiger partial charge in [-0.25, -0.2) is 4.79 Å². The lowest BCUT2D eigenvalue weighted by atomic mass is 10.1. The highest BCUT2D eigenvalue weighted by atomic mass is 32.1. The van der Waals surface area contributed by atoms with Crippen LogP contribution in [-0.4, -0.2) is 17.7 Å². The van der Waals surface area contributed by atoms with Crippen LogP contribution in [0.4, 0.5) is 0 Å². The molecule has 0 radical (unpaired) electrons. The third-order valence-corrected chi connectivity index (χ3v) is 4.85. The highest BCUT2D eigenvalue weighted by molar-refractivity contribution is 7.11. The Kier molecular flexibility index (Phi) is 6.23. The Morgan fingerprint density at radius 2 is 1.77 bits per heavy atom. The fourth-order valence-electron chi connectivity index (χ4n) is 2.66.